The molecule has 0 fully saturated rings. The van der Waals surface area contributed by atoms with E-state index in [2.05, 4.69) is 0 Å². The van der Waals surface area contributed by atoms with E-state index in [1.807, 2.05) is 13.0 Å². The maximum absolute atomic E-state index is 10.6. The average Bonchev–Trinajstić information content (AvgIpc) is 2.16. The van der Waals surface area contributed by atoms with E-state index in [1.165, 1.54) is 6.07 Å². The third-order valence-corrected chi connectivity index (χ3v) is 2.19. The molecule has 1 aromatic carbocycles. The number of alkyl halides is 1. The van der Waals surface area contributed by atoms with Crippen molar-refractivity contribution in [1.29, 1.82) is 0 Å². The molecule has 3 nitrogen and oxygen atoms in total. The Morgan fingerprint density at radius 2 is 2.23 bits per heavy atom. The van der Waals surface area contributed by atoms with Crippen LogP contribution in [0.3, 0.4) is 0 Å². The van der Waals surface area contributed by atoms with Crippen LogP contribution < -0.4 is 0 Å². The van der Waals surface area contributed by atoms with Gasteiger partial charge in [-0.15, -0.1) is 11.6 Å². The van der Waals surface area contributed by atoms with Crippen molar-refractivity contribution in [2.24, 2.45) is 0 Å². The summed E-state index contributed by atoms with van der Waals surface area (Å²) in [5.41, 5.74) is 1.70. The van der Waals surface area contributed by atoms with Gasteiger partial charge in [0.25, 0.3) is 5.69 Å². The van der Waals surface area contributed by atoms with Crippen LogP contribution in [-0.2, 0) is 12.3 Å². The molecule has 13 heavy (non-hydrogen) atoms. The SMILES string of the molecule is CCc1ccc(CCl)cc1[N+](=O)[O-]. The van der Waals surface area contributed by atoms with Gasteiger partial charge in [0.15, 0.2) is 0 Å². The highest BCUT2D eigenvalue weighted by atomic mass is 35.5. The summed E-state index contributed by atoms with van der Waals surface area (Å²) in [4.78, 5) is 10.2. The normalized spacial score (nSPS) is 10.0. The minimum atomic E-state index is -0.366. The van der Waals surface area contributed by atoms with Gasteiger partial charge < -0.3 is 0 Å². The molecule has 70 valence electrons. The summed E-state index contributed by atoms with van der Waals surface area (Å²) in [6.45, 7) is 1.89. The summed E-state index contributed by atoms with van der Waals surface area (Å²) in [6.07, 6.45) is 0.666. The molecule has 1 aromatic rings. The van der Waals surface area contributed by atoms with E-state index in [9.17, 15) is 10.1 Å². The number of nitro groups is 1. The van der Waals surface area contributed by atoms with Crippen molar-refractivity contribution in [3.63, 3.8) is 0 Å². The van der Waals surface area contributed by atoms with E-state index in [4.69, 9.17) is 11.6 Å². The summed E-state index contributed by atoms with van der Waals surface area (Å²) in [7, 11) is 0. The summed E-state index contributed by atoms with van der Waals surface area (Å²) in [5.74, 6) is 0.310. The molecule has 1 rings (SSSR count). The van der Waals surface area contributed by atoms with Crippen LogP contribution in [0.25, 0.3) is 0 Å². The molecule has 0 heterocycles. The third-order valence-electron chi connectivity index (χ3n) is 1.88. The highest BCUT2D eigenvalue weighted by molar-refractivity contribution is 6.17. The highest BCUT2D eigenvalue weighted by Crippen LogP contribution is 2.21. The Kier molecular flexibility index (Phi) is 3.25. The molecule has 0 bridgehead atoms. The van der Waals surface area contributed by atoms with Gasteiger partial charge in [-0.05, 0) is 12.0 Å². The van der Waals surface area contributed by atoms with Crippen LogP contribution in [0.2, 0.25) is 0 Å². The lowest BCUT2D eigenvalue weighted by Crippen LogP contribution is -1.95. The van der Waals surface area contributed by atoms with Crippen molar-refractivity contribution >= 4 is 17.3 Å². The van der Waals surface area contributed by atoms with Crippen LogP contribution in [0.5, 0.6) is 0 Å². The van der Waals surface area contributed by atoms with E-state index in [0.29, 0.717) is 12.3 Å². The number of hydrogen-bond acceptors (Lipinski definition) is 2. The maximum Gasteiger partial charge on any atom is 0.272 e. The lowest BCUT2D eigenvalue weighted by atomic mass is 10.1. The molecule has 0 aromatic heterocycles. The first-order valence-corrected chi connectivity index (χ1v) is 4.54. The van der Waals surface area contributed by atoms with Gasteiger partial charge in [0.05, 0.1) is 4.92 Å². The van der Waals surface area contributed by atoms with Gasteiger partial charge in [0, 0.05) is 17.5 Å². The monoisotopic (exact) mass is 199 g/mol. The van der Waals surface area contributed by atoms with Crippen molar-refractivity contribution in [1.82, 2.24) is 0 Å². The minimum absolute atomic E-state index is 0.167. The quantitative estimate of drug-likeness (QED) is 0.427. The van der Waals surface area contributed by atoms with E-state index in [1.54, 1.807) is 6.07 Å². The Labute approximate surface area is 81.5 Å². The highest BCUT2D eigenvalue weighted by Gasteiger charge is 2.12. The minimum Gasteiger partial charge on any atom is -0.258 e. The van der Waals surface area contributed by atoms with Gasteiger partial charge in [0.2, 0.25) is 0 Å². The molecular weight excluding hydrogens is 190 g/mol. The predicted molar refractivity (Wildman–Crippen MR) is 52.0 cm³/mol. The average molecular weight is 200 g/mol. The summed E-state index contributed by atoms with van der Waals surface area (Å²) in [5, 5.41) is 10.6. The molecular formula is C9H10ClNO2. The first-order chi connectivity index (χ1) is 6.19. The number of aryl methyl sites for hydroxylation is 1. The number of nitrogens with zero attached hydrogens (tertiary/aromatic N) is 1. The van der Waals surface area contributed by atoms with Crippen LogP contribution in [0, 0.1) is 10.1 Å². The molecule has 4 heteroatoms. The van der Waals surface area contributed by atoms with Gasteiger partial charge in [-0.2, -0.15) is 0 Å². The fourth-order valence-electron chi connectivity index (χ4n) is 1.16. The summed E-state index contributed by atoms with van der Waals surface area (Å²) >= 11 is 5.58. The lowest BCUT2D eigenvalue weighted by Gasteiger charge is -2.01. The van der Waals surface area contributed by atoms with Gasteiger partial charge in [-0.25, -0.2) is 0 Å². The van der Waals surface area contributed by atoms with Gasteiger partial charge in [-0.3, -0.25) is 10.1 Å². The zero-order valence-electron chi connectivity index (χ0n) is 7.29. The molecule has 0 amide bonds. The standard InChI is InChI=1S/C9H10ClNO2/c1-2-8-4-3-7(6-10)5-9(8)11(12)13/h3-5H,2,6H2,1H3. The van der Waals surface area contributed by atoms with Gasteiger partial charge >= 0.3 is 0 Å². The van der Waals surface area contributed by atoms with Gasteiger partial charge in [-0.1, -0.05) is 19.1 Å². The Hall–Kier alpha value is -1.09. The van der Waals surface area contributed by atoms with Crippen molar-refractivity contribution in [2.75, 3.05) is 0 Å². The zero-order valence-corrected chi connectivity index (χ0v) is 8.04. The first kappa shape index (κ1) is 9.99. The second-order valence-electron chi connectivity index (χ2n) is 2.71. The molecule has 0 aliphatic rings. The molecule has 0 aliphatic carbocycles. The van der Waals surface area contributed by atoms with Crippen molar-refractivity contribution in [3.05, 3.63) is 39.4 Å². The van der Waals surface area contributed by atoms with Crippen LogP contribution >= 0.6 is 11.6 Å². The smallest absolute Gasteiger partial charge is 0.258 e. The van der Waals surface area contributed by atoms with Crippen molar-refractivity contribution in [3.8, 4) is 0 Å². The summed E-state index contributed by atoms with van der Waals surface area (Å²) in [6, 6.07) is 5.11. The number of rotatable bonds is 3. The number of nitro benzene ring substituents is 1. The number of benzene rings is 1. The molecule has 0 atom stereocenters. The number of halogens is 1. The molecule has 0 spiro atoms. The zero-order chi connectivity index (χ0) is 9.84. The summed E-state index contributed by atoms with van der Waals surface area (Å²) < 4.78 is 0. The largest absolute Gasteiger partial charge is 0.272 e. The third kappa shape index (κ3) is 2.18. The predicted octanol–water partition coefficient (Wildman–Crippen LogP) is 2.90. The number of hydrogen-bond donors (Lipinski definition) is 0. The topological polar surface area (TPSA) is 43.1 Å². The van der Waals surface area contributed by atoms with Crippen molar-refractivity contribution in [2.45, 2.75) is 19.2 Å². The fourth-order valence-corrected chi connectivity index (χ4v) is 1.33. The van der Waals surface area contributed by atoms with Gasteiger partial charge in [0.1, 0.15) is 0 Å². The van der Waals surface area contributed by atoms with E-state index in [0.717, 1.165) is 11.1 Å². The molecule has 0 saturated carbocycles. The fraction of sp³-hybridized carbons (Fsp3) is 0.333. The molecule has 0 radical (unpaired) electrons. The Bertz CT molecular complexity index is 325. The van der Waals surface area contributed by atoms with E-state index < -0.39 is 0 Å². The molecule has 0 unspecified atom stereocenters. The van der Waals surface area contributed by atoms with Crippen LogP contribution in [0.15, 0.2) is 18.2 Å². The molecule has 0 saturated heterocycles. The van der Waals surface area contributed by atoms with Crippen molar-refractivity contribution < 1.29 is 4.92 Å². The Morgan fingerprint density at radius 3 is 2.69 bits per heavy atom. The van der Waals surface area contributed by atoms with E-state index >= 15 is 0 Å². The Morgan fingerprint density at radius 1 is 1.54 bits per heavy atom. The Balaban J connectivity index is 3.18. The maximum atomic E-state index is 10.6. The first-order valence-electron chi connectivity index (χ1n) is 4.01. The van der Waals surface area contributed by atoms with E-state index in [-0.39, 0.29) is 10.6 Å². The van der Waals surface area contributed by atoms with Crippen LogP contribution in [0.1, 0.15) is 18.1 Å². The lowest BCUT2D eigenvalue weighted by molar-refractivity contribution is -0.385. The second kappa shape index (κ2) is 4.23. The van der Waals surface area contributed by atoms with Crippen LogP contribution in [0.4, 0.5) is 5.69 Å². The second-order valence-corrected chi connectivity index (χ2v) is 2.97. The van der Waals surface area contributed by atoms with Crippen LogP contribution in [-0.4, -0.2) is 4.92 Å². The molecule has 0 N–H and O–H groups in total. The molecule has 0 aliphatic heterocycles.